The van der Waals surface area contributed by atoms with Crippen molar-refractivity contribution in [3.05, 3.63) is 54.4 Å². The molecular formula is C15H19N3O2S. The average Bonchev–Trinajstić information content (AvgIpc) is 2.47. The summed E-state index contributed by atoms with van der Waals surface area (Å²) in [5.41, 5.74) is 1.64. The summed E-state index contributed by atoms with van der Waals surface area (Å²) in [6.07, 6.45) is 2.86. The molecule has 0 aliphatic carbocycles. The van der Waals surface area contributed by atoms with Gasteiger partial charge in [-0.3, -0.25) is 9.71 Å². The van der Waals surface area contributed by atoms with E-state index in [0.29, 0.717) is 11.7 Å². The molecule has 2 aromatic rings. The van der Waals surface area contributed by atoms with Crippen LogP contribution in [0.25, 0.3) is 0 Å². The highest BCUT2D eigenvalue weighted by Gasteiger charge is 2.13. The third-order valence-electron chi connectivity index (χ3n) is 2.87. The van der Waals surface area contributed by atoms with Crippen LogP contribution in [0.2, 0.25) is 0 Å². The molecule has 0 aliphatic heterocycles. The molecule has 1 aromatic heterocycles. The third kappa shape index (κ3) is 4.54. The highest BCUT2D eigenvalue weighted by molar-refractivity contribution is 7.92. The van der Waals surface area contributed by atoms with Crippen LogP contribution < -0.4 is 10.0 Å². The predicted molar refractivity (Wildman–Crippen MR) is 83.5 cm³/mol. The Morgan fingerprint density at radius 1 is 1.14 bits per heavy atom. The van der Waals surface area contributed by atoms with Gasteiger partial charge in [-0.15, -0.1) is 0 Å². The summed E-state index contributed by atoms with van der Waals surface area (Å²) < 4.78 is 26.8. The maximum absolute atomic E-state index is 12.1. The zero-order chi connectivity index (χ0) is 15.3. The Morgan fingerprint density at radius 3 is 2.43 bits per heavy atom. The zero-order valence-electron chi connectivity index (χ0n) is 12.1. The monoisotopic (exact) mass is 305 g/mol. The molecule has 2 rings (SSSR count). The van der Waals surface area contributed by atoms with Crippen molar-refractivity contribution in [2.24, 2.45) is 0 Å². The summed E-state index contributed by atoms with van der Waals surface area (Å²) in [4.78, 5) is 3.97. The summed E-state index contributed by atoms with van der Waals surface area (Å²) >= 11 is 0. The van der Waals surface area contributed by atoms with Crippen LogP contribution in [0.15, 0.2) is 53.7 Å². The number of aromatic nitrogens is 1. The van der Waals surface area contributed by atoms with E-state index in [1.54, 1.807) is 18.2 Å². The van der Waals surface area contributed by atoms with E-state index in [0.717, 1.165) is 12.1 Å². The molecule has 2 N–H and O–H groups in total. The Kier molecular flexibility index (Phi) is 4.93. The topological polar surface area (TPSA) is 71.1 Å². The average molecular weight is 305 g/mol. The fourth-order valence-corrected chi connectivity index (χ4v) is 2.75. The first kappa shape index (κ1) is 15.5. The highest BCUT2D eigenvalue weighted by Crippen LogP contribution is 2.15. The Balaban J connectivity index is 2.06. The Morgan fingerprint density at radius 2 is 1.86 bits per heavy atom. The predicted octanol–water partition coefficient (Wildman–Crippen LogP) is 2.38. The van der Waals surface area contributed by atoms with Gasteiger partial charge >= 0.3 is 0 Å². The van der Waals surface area contributed by atoms with Gasteiger partial charge in [0.1, 0.15) is 4.90 Å². The van der Waals surface area contributed by atoms with E-state index in [2.05, 4.69) is 28.9 Å². The second kappa shape index (κ2) is 6.69. The van der Waals surface area contributed by atoms with Gasteiger partial charge in [0.15, 0.2) is 0 Å². The number of pyridine rings is 1. The lowest BCUT2D eigenvalue weighted by Crippen LogP contribution is -2.21. The standard InChI is InChI=1S/C15H19N3O2S/c1-12(2)17-10-13-5-7-14(8-6-13)18-21(19,20)15-4-3-9-16-11-15/h3-9,11-12,17-18H,10H2,1-2H3. The Hall–Kier alpha value is -1.92. The molecule has 0 spiro atoms. The first-order valence-electron chi connectivity index (χ1n) is 6.72. The molecule has 21 heavy (non-hydrogen) atoms. The molecule has 0 atom stereocenters. The van der Waals surface area contributed by atoms with Crippen molar-refractivity contribution < 1.29 is 8.42 Å². The number of benzene rings is 1. The summed E-state index contributed by atoms with van der Waals surface area (Å²) in [5, 5.41) is 3.31. The van der Waals surface area contributed by atoms with Crippen molar-refractivity contribution in [3.8, 4) is 0 Å². The molecule has 1 heterocycles. The number of rotatable bonds is 6. The van der Waals surface area contributed by atoms with Gasteiger partial charge in [-0.25, -0.2) is 8.42 Å². The van der Waals surface area contributed by atoms with E-state index < -0.39 is 10.0 Å². The SMILES string of the molecule is CC(C)NCc1ccc(NS(=O)(=O)c2cccnc2)cc1. The maximum atomic E-state index is 12.1. The van der Waals surface area contributed by atoms with E-state index in [1.165, 1.54) is 18.5 Å². The lowest BCUT2D eigenvalue weighted by molar-refractivity contribution is 0.589. The summed E-state index contributed by atoms with van der Waals surface area (Å²) in [6.45, 7) is 4.92. The van der Waals surface area contributed by atoms with Gasteiger partial charge in [-0.1, -0.05) is 26.0 Å². The van der Waals surface area contributed by atoms with Crippen molar-refractivity contribution in [3.63, 3.8) is 0 Å². The number of hydrogen-bond donors (Lipinski definition) is 2. The lowest BCUT2D eigenvalue weighted by atomic mass is 10.2. The molecule has 0 saturated heterocycles. The van der Waals surface area contributed by atoms with Crippen LogP contribution in [0.5, 0.6) is 0 Å². The van der Waals surface area contributed by atoms with Gasteiger partial charge in [0.05, 0.1) is 0 Å². The molecule has 0 radical (unpaired) electrons. The van der Waals surface area contributed by atoms with Gasteiger partial charge in [0.2, 0.25) is 0 Å². The first-order valence-corrected chi connectivity index (χ1v) is 8.21. The molecule has 6 heteroatoms. The first-order chi connectivity index (χ1) is 9.97. The van der Waals surface area contributed by atoms with E-state index in [4.69, 9.17) is 0 Å². The van der Waals surface area contributed by atoms with Crippen LogP contribution in [-0.4, -0.2) is 19.4 Å². The van der Waals surface area contributed by atoms with Crippen molar-refractivity contribution in [1.29, 1.82) is 0 Å². The van der Waals surface area contributed by atoms with E-state index >= 15 is 0 Å². The molecule has 0 fully saturated rings. The molecule has 0 aliphatic rings. The van der Waals surface area contributed by atoms with Gasteiger partial charge in [-0.05, 0) is 29.8 Å². The minimum absolute atomic E-state index is 0.149. The molecule has 1 aromatic carbocycles. The largest absolute Gasteiger partial charge is 0.310 e. The fourth-order valence-electron chi connectivity index (χ4n) is 1.73. The van der Waals surface area contributed by atoms with E-state index in [1.807, 2.05) is 12.1 Å². The van der Waals surface area contributed by atoms with Crippen LogP contribution >= 0.6 is 0 Å². The highest BCUT2D eigenvalue weighted by atomic mass is 32.2. The normalized spacial score (nSPS) is 11.6. The van der Waals surface area contributed by atoms with Crippen molar-refractivity contribution >= 4 is 15.7 Å². The second-order valence-electron chi connectivity index (χ2n) is 5.03. The van der Waals surface area contributed by atoms with Crippen LogP contribution in [-0.2, 0) is 16.6 Å². The Bertz CT molecular complexity index is 668. The zero-order valence-corrected chi connectivity index (χ0v) is 12.9. The quantitative estimate of drug-likeness (QED) is 0.859. The van der Waals surface area contributed by atoms with Crippen molar-refractivity contribution in [2.75, 3.05) is 4.72 Å². The van der Waals surface area contributed by atoms with Gasteiger partial charge in [0.25, 0.3) is 10.0 Å². The lowest BCUT2D eigenvalue weighted by Gasteiger charge is -2.10. The molecule has 5 nitrogen and oxygen atoms in total. The van der Waals surface area contributed by atoms with Gasteiger partial charge in [0, 0.05) is 30.7 Å². The van der Waals surface area contributed by atoms with Gasteiger partial charge < -0.3 is 5.32 Å². The molecular weight excluding hydrogens is 286 g/mol. The van der Waals surface area contributed by atoms with Crippen LogP contribution in [0.1, 0.15) is 19.4 Å². The van der Waals surface area contributed by atoms with E-state index in [9.17, 15) is 8.42 Å². The Labute approximate surface area is 125 Å². The third-order valence-corrected chi connectivity index (χ3v) is 4.23. The smallest absolute Gasteiger partial charge is 0.263 e. The van der Waals surface area contributed by atoms with Crippen molar-refractivity contribution in [1.82, 2.24) is 10.3 Å². The van der Waals surface area contributed by atoms with Crippen LogP contribution in [0, 0.1) is 0 Å². The maximum Gasteiger partial charge on any atom is 0.263 e. The molecule has 0 amide bonds. The van der Waals surface area contributed by atoms with Gasteiger partial charge in [-0.2, -0.15) is 0 Å². The number of hydrogen-bond acceptors (Lipinski definition) is 4. The fraction of sp³-hybridized carbons (Fsp3) is 0.267. The van der Waals surface area contributed by atoms with E-state index in [-0.39, 0.29) is 4.90 Å². The molecule has 0 unspecified atom stereocenters. The second-order valence-corrected chi connectivity index (χ2v) is 6.71. The van der Waals surface area contributed by atoms with Crippen LogP contribution in [0.3, 0.4) is 0 Å². The summed E-state index contributed by atoms with van der Waals surface area (Å²) in [5.74, 6) is 0. The minimum Gasteiger partial charge on any atom is -0.310 e. The minimum atomic E-state index is -3.58. The molecule has 112 valence electrons. The molecule has 0 saturated carbocycles. The number of sulfonamides is 1. The number of anilines is 1. The van der Waals surface area contributed by atoms with Crippen molar-refractivity contribution in [2.45, 2.75) is 31.3 Å². The van der Waals surface area contributed by atoms with Crippen LogP contribution in [0.4, 0.5) is 5.69 Å². The summed E-state index contributed by atoms with van der Waals surface area (Å²) in [7, 11) is -3.58. The summed E-state index contributed by atoms with van der Waals surface area (Å²) in [6, 6.07) is 10.8. The number of nitrogens with zero attached hydrogens (tertiary/aromatic N) is 1. The molecule has 0 bridgehead atoms. The number of nitrogens with one attached hydrogen (secondary N) is 2.